The number of aromatic nitrogens is 2. The van der Waals surface area contributed by atoms with Gasteiger partial charge in [0.1, 0.15) is 10.2 Å². The van der Waals surface area contributed by atoms with E-state index in [1.54, 1.807) is 14.2 Å². The first-order chi connectivity index (χ1) is 11.1. The number of H-pyrrole nitrogens is 1. The maximum atomic E-state index is 11.7. The van der Waals surface area contributed by atoms with Crippen molar-refractivity contribution in [3.8, 4) is 17.4 Å². The van der Waals surface area contributed by atoms with Gasteiger partial charge < -0.3 is 19.5 Å². The second-order valence-electron chi connectivity index (χ2n) is 4.52. The Morgan fingerprint density at radius 1 is 1.26 bits per heavy atom. The Hall–Kier alpha value is -2.22. The van der Waals surface area contributed by atoms with Gasteiger partial charge in [0, 0.05) is 6.54 Å². The molecule has 0 bridgehead atoms. The zero-order chi connectivity index (χ0) is 16.8. The summed E-state index contributed by atoms with van der Waals surface area (Å²) in [5.41, 5.74) is 1.13. The van der Waals surface area contributed by atoms with Gasteiger partial charge >= 0.3 is 0 Å². The van der Waals surface area contributed by atoms with Gasteiger partial charge in [0.15, 0.2) is 11.5 Å². The quantitative estimate of drug-likeness (QED) is 0.763. The maximum absolute atomic E-state index is 11.7. The molecule has 0 aliphatic carbocycles. The summed E-state index contributed by atoms with van der Waals surface area (Å²) in [4.78, 5) is 11.7. The molecule has 2 rings (SSSR count). The summed E-state index contributed by atoms with van der Waals surface area (Å²) < 4.78 is 16.3. The minimum atomic E-state index is -0.330. The Morgan fingerprint density at radius 2 is 2.00 bits per heavy atom. The number of methoxy groups -OCH3 is 2. The predicted octanol–water partition coefficient (Wildman–Crippen LogP) is 2.56. The van der Waals surface area contributed by atoms with Crippen LogP contribution in [-0.2, 0) is 6.54 Å². The van der Waals surface area contributed by atoms with Crippen molar-refractivity contribution in [1.82, 2.24) is 10.2 Å². The fraction of sp³-hybridized carbons (Fsp3) is 0.333. The number of benzene rings is 1. The van der Waals surface area contributed by atoms with Crippen molar-refractivity contribution in [2.24, 2.45) is 0 Å². The van der Waals surface area contributed by atoms with Crippen molar-refractivity contribution >= 4 is 21.6 Å². The first-order valence-electron chi connectivity index (χ1n) is 6.96. The van der Waals surface area contributed by atoms with E-state index in [0.717, 1.165) is 5.56 Å². The van der Waals surface area contributed by atoms with Crippen molar-refractivity contribution in [2.45, 2.75) is 13.5 Å². The van der Waals surface area contributed by atoms with Gasteiger partial charge in [-0.3, -0.25) is 4.79 Å². The molecule has 0 atom stereocenters. The van der Waals surface area contributed by atoms with E-state index in [-0.39, 0.29) is 5.56 Å². The van der Waals surface area contributed by atoms with Gasteiger partial charge in [-0.15, -0.1) is 5.10 Å². The summed E-state index contributed by atoms with van der Waals surface area (Å²) in [7, 11) is 3.17. The summed E-state index contributed by atoms with van der Waals surface area (Å²) in [5.74, 6) is 1.63. The smallest absolute Gasteiger partial charge is 0.280 e. The second kappa shape index (κ2) is 7.87. The zero-order valence-corrected chi connectivity index (χ0v) is 14.7. The van der Waals surface area contributed by atoms with Crippen LogP contribution in [0, 0.1) is 0 Å². The summed E-state index contributed by atoms with van der Waals surface area (Å²) in [6.45, 7) is 2.75. The van der Waals surface area contributed by atoms with Crippen LogP contribution in [0.5, 0.6) is 17.4 Å². The van der Waals surface area contributed by atoms with Crippen LogP contribution in [0.4, 0.5) is 5.69 Å². The predicted molar refractivity (Wildman–Crippen MR) is 90.6 cm³/mol. The molecule has 0 unspecified atom stereocenters. The molecule has 0 saturated carbocycles. The highest BCUT2D eigenvalue weighted by atomic mass is 79.9. The Kier molecular flexibility index (Phi) is 5.86. The molecule has 23 heavy (non-hydrogen) atoms. The van der Waals surface area contributed by atoms with E-state index < -0.39 is 0 Å². The average Bonchev–Trinajstić information content (AvgIpc) is 2.57. The van der Waals surface area contributed by atoms with E-state index in [9.17, 15) is 4.79 Å². The van der Waals surface area contributed by atoms with Crippen LogP contribution in [0.1, 0.15) is 12.5 Å². The molecule has 0 aliphatic heterocycles. The molecule has 1 aromatic carbocycles. The Morgan fingerprint density at radius 3 is 2.65 bits per heavy atom. The van der Waals surface area contributed by atoms with E-state index in [1.807, 2.05) is 25.1 Å². The monoisotopic (exact) mass is 383 g/mol. The molecule has 7 nitrogen and oxygen atoms in total. The molecule has 1 heterocycles. The van der Waals surface area contributed by atoms with Gasteiger partial charge in [-0.2, -0.15) is 0 Å². The van der Waals surface area contributed by atoms with Crippen molar-refractivity contribution in [2.75, 3.05) is 26.1 Å². The highest BCUT2D eigenvalue weighted by molar-refractivity contribution is 9.10. The third-order valence-corrected chi connectivity index (χ3v) is 3.85. The van der Waals surface area contributed by atoms with Crippen molar-refractivity contribution < 1.29 is 14.2 Å². The summed E-state index contributed by atoms with van der Waals surface area (Å²) in [6.07, 6.45) is 0. The van der Waals surface area contributed by atoms with Crippen molar-refractivity contribution in [3.05, 3.63) is 38.6 Å². The van der Waals surface area contributed by atoms with Crippen LogP contribution in [-0.4, -0.2) is 31.0 Å². The number of ether oxygens (including phenoxy) is 3. The van der Waals surface area contributed by atoms with Crippen LogP contribution < -0.4 is 25.1 Å². The first kappa shape index (κ1) is 17.1. The average molecular weight is 384 g/mol. The number of anilines is 1. The minimum absolute atomic E-state index is 0.330. The highest BCUT2D eigenvalue weighted by Gasteiger charge is 2.13. The largest absolute Gasteiger partial charge is 0.493 e. The normalized spacial score (nSPS) is 10.3. The van der Waals surface area contributed by atoms with Crippen LogP contribution in [0.15, 0.2) is 27.5 Å². The maximum Gasteiger partial charge on any atom is 0.280 e. The van der Waals surface area contributed by atoms with Crippen molar-refractivity contribution in [3.63, 3.8) is 0 Å². The van der Waals surface area contributed by atoms with Crippen LogP contribution >= 0.6 is 15.9 Å². The number of nitrogens with one attached hydrogen (secondary N) is 2. The second-order valence-corrected chi connectivity index (χ2v) is 5.32. The molecule has 124 valence electrons. The molecule has 0 fully saturated rings. The molecule has 0 saturated heterocycles. The molecular formula is C15H18BrN3O4. The van der Waals surface area contributed by atoms with Crippen LogP contribution in [0.2, 0.25) is 0 Å². The number of hydrogen-bond donors (Lipinski definition) is 2. The van der Waals surface area contributed by atoms with Gasteiger partial charge in [0.25, 0.3) is 11.4 Å². The van der Waals surface area contributed by atoms with Gasteiger partial charge in [0.2, 0.25) is 0 Å². The molecule has 0 radical (unpaired) electrons. The molecular weight excluding hydrogens is 366 g/mol. The number of aromatic amines is 1. The van der Waals surface area contributed by atoms with E-state index in [4.69, 9.17) is 14.2 Å². The number of hydrogen-bond acceptors (Lipinski definition) is 6. The fourth-order valence-corrected chi connectivity index (χ4v) is 2.39. The van der Waals surface area contributed by atoms with Gasteiger partial charge in [-0.05, 0) is 40.5 Å². The van der Waals surface area contributed by atoms with E-state index in [1.165, 1.54) is 0 Å². The standard InChI is InChI=1S/C15H18BrN3O4/c1-4-23-15-13(12(16)14(20)18-19-15)17-8-9-5-6-10(21-2)11(7-9)22-3/h5-7H,4,8H2,1-3H3,(H2,17,18,20). The van der Waals surface area contributed by atoms with Gasteiger partial charge in [-0.25, -0.2) is 5.10 Å². The van der Waals surface area contributed by atoms with Crippen LogP contribution in [0.3, 0.4) is 0 Å². The third-order valence-electron chi connectivity index (χ3n) is 3.09. The summed E-state index contributed by atoms with van der Waals surface area (Å²) >= 11 is 3.25. The number of nitrogens with zero attached hydrogens (tertiary/aromatic N) is 1. The molecule has 0 aliphatic rings. The van der Waals surface area contributed by atoms with E-state index in [2.05, 4.69) is 31.4 Å². The molecule has 2 aromatic rings. The summed E-state index contributed by atoms with van der Waals surface area (Å²) in [6, 6.07) is 5.59. The highest BCUT2D eigenvalue weighted by Crippen LogP contribution is 2.30. The van der Waals surface area contributed by atoms with E-state index >= 15 is 0 Å². The topological polar surface area (TPSA) is 85.5 Å². The Bertz CT molecular complexity index is 733. The van der Waals surface area contributed by atoms with Gasteiger partial charge in [0.05, 0.1) is 20.8 Å². The van der Waals surface area contributed by atoms with Crippen LogP contribution in [0.25, 0.3) is 0 Å². The first-order valence-corrected chi connectivity index (χ1v) is 7.75. The lowest BCUT2D eigenvalue weighted by atomic mass is 10.2. The molecule has 8 heteroatoms. The number of halogens is 1. The SMILES string of the molecule is CCOc1n[nH]c(=O)c(Br)c1NCc1ccc(OC)c(OC)c1. The molecule has 2 N–H and O–H groups in total. The molecule has 0 amide bonds. The lowest BCUT2D eigenvalue weighted by molar-refractivity contribution is 0.323. The molecule has 0 spiro atoms. The number of rotatable bonds is 7. The van der Waals surface area contributed by atoms with Crippen molar-refractivity contribution in [1.29, 1.82) is 0 Å². The molecule has 1 aromatic heterocycles. The van der Waals surface area contributed by atoms with E-state index in [0.29, 0.717) is 40.7 Å². The zero-order valence-electron chi connectivity index (χ0n) is 13.1. The lowest BCUT2D eigenvalue weighted by Crippen LogP contribution is -2.15. The van der Waals surface area contributed by atoms with Gasteiger partial charge in [-0.1, -0.05) is 6.07 Å². The summed E-state index contributed by atoms with van der Waals surface area (Å²) in [5, 5.41) is 9.44. The minimum Gasteiger partial charge on any atom is -0.493 e. The fourth-order valence-electron chi connectivity index (χ4n) is 1.99. The third kappa shape index (κ3) is 3.95. The Balaban J connectivity index is 2.24. The Labute approximate surface area is 142 Å². The lowest BCUT2D eigenvalue weighted by Gasteiger charge is -2.13.